The van der Waals surface area contributed by atoms with Crippen LogP contribution < -0.4 is 5.73 Å². The topological polar surface area (TPSA) is 72.4 Å². The molecule has 1 aromatic carbocycles. The molecule has 0 radical (unpaired) electrons. The van der Waals surface area contributed by atoms with Crippen molar-refractivity contribution in [3.8, 4) is 0 Å². The Kier molecular flexibility index (Phi) is 3.35. The van der Waals surface area contributed by atoms with E-state index in [9.17, 15) is 4.79 Å². The fourth-order valence-corrected chi connectivity index (χ4v) is 2.68. The Morgan fingerprint density at radius 3 is 3.00 bits per heavy atom. The lowest BCUT2D eigenvalue weighted by Gasteiger charge is -2.22. The van der Waals surface area contributed by atoms with Crippen LogP contribution in [0.4, 0.5) is 5.69 Å². The maximum atomic E-state index is 12.2. The lowest BCUT2D eigenvalue weighted by Crippen LogP contribution is -2.30. The Morgan fingerprint density at radius 1 is 1.38 bits per heavy atom. The summed E-state index contributed by atoms with van der Waals surface area (Å²) < 4.78 is 5.71. The van der Waals surface area contributed by atoms with Gasteiger partial charge in [0.25, 0.3) is 0 Å². The summed E-state index contributed by atoms with van der Waals surface area (Å²) in [5.74, 6) is 0.756. The number of anilines is 1. The van der Waals surface area contributed by atoms with E-state index in [0.717, 1.165) is 24.9 Å². The summed E-state index contributed by atoms with van der Waals surface area (Å²) in [6, 6.07) is 5.40. The average molecular weight is 287 g/mol. The molecule has 5 heteroatoms. The number of nitrogens with two attached hydrogens (primary N) is 1. The molecule has 2 aromatic rings. The van der Waals surface area contributed by atoms with Crippen LogP contribution in [-0.2, 0) is 11.3 Å². The van der Waals surface area contributed by atoms with Crippen LogP contribution in [0.5, 0.6) is 0 Å². The van der Waals surface area contributed by atoms with Crippen LogP contribution in [0.15, 0.2) is 22.6 Å². The van der Waals surface area contributed by atoms with Crippen molar-refractivity contribution in [1.82, 2.24) is 9.88 Å². The van der Waals surface area contributed by atoms with Crippen LogP contribution in [0.1, 0.15) is 39.0 Å². The largest absolute Gasteiger partial charge is 0.439 e. The molecule has 1 fully saturated rings. The minimum atomic E-state index is 0.183. The van der Waals surface area contributed by atoms with Crippen LogP contribution in [0.2, 0.25) is 0 Å². The zero-order valence-electron chi connectivity index (χ0n) is 12.6. The number of oxazole rings is 1. The normalized spacial score (nSPS) is 19.0. The number of carbonyl (C=O) groups is 1. The molecule has 2 N–H and O–H groups in total. The van der Waals surface area contributed by atoms with Crippen molar-refractivity contribution in [3.05, 3.63) is 24.1 Å². The summed E-state index contributed by atoms with van der Waals surface area (Å²) in [6.45, 7) is 5.62. The van der Waals surface area contributed by atoms with E-state index in [2.05, 4.69) is 18.8 Å². The third-order valence-corrected chi connectivity index (χ3v) is 4.21. The highest BCUT2D eigenvalue weighted by Gasteiger charge is 2.28. The Hall–Kier alpha value is -2.04. The summed E-state index contributed by atoms with van der Waals surface area (Å²) in [5, 5.41) is 0. The Balaban J connectivity index is 1.79. The molecule has 0 saturated carbocycles. The highest BCUT2D eigenvalue weighted by Crippen LogP contribution is 2.31. The second-order valence-electron chi connectivity index (χ2n) is 6.56. The summed E-state index contributed by atoms with van der Waals surface area (Å²) >= 11 is 0. The first-order valence-electron chi connectivity index (χ1n) is 7.36. The van der Waals surface area contributed by atoms with Crippen LogP contribution in [0.25, 0.3) is 11.1 Å². The molecule has 1 saturated heterocycles. The van der Waals surface area contributed by atoms with Gasteiger partial charge in [0.15, 0.2) is 5.58 Å². The zero-order valence-corrected chi connectivity index (χ0v) is 12.6. The van der Waals surface area contributed by atoms with Crippen molar-refractivity contribution in [1.29, 1.82) is 0 Å². The molecule has 1 aliphatic heterocycles. The Labute approximate surface area is 124 Å². The van der Waals surface area contributed by atoms with Crippen molar-refractivity contribution in [2.24, 2.45) is 5.41 Å². The van der Waals surface area contributed by atoms with Crippen molar-refractivity contribution in [2.45, 2.75) is 39.7 Å². The highest BCUT2D eigenvalue weighted by molar-refractivity contribution is 5.77. The second-order valence-corrected chi connectivity index (χ2v) is 6.56. The van der Waals surface area contributed by atoms with E-state index in [1.807, 2.05) is 11.0 Å². The van der Waals surface area contributed by atoms with Gasteiger partial charge in [-0.05, 0) is 30.4 Å². The number of amides is 1. The zero-order chi connectivity index (χ0) is 15.0. The van der Waals surface area contributed by atoms with Gasteiger partial charge in [0.2, 0.25) is 11.8 Å². The molecule has 2 heterocycles. The molecule has 3 rings (SSSR count). The first-order valence-corrected chi connectivity index (χ1v) is 7.36. The molecule has 21 heavy (non-hydrogen) atoms. The van der Waals surface area contributed by atoms with Gasteiger partial charge in [-0.2, -0.15) is 0 Å². The molecule has 0 bridgehead atoms. The van der Waals surface area contributed by atoms with Gasteiger partial charge in [0, 0.05) is 24.7 Å². The number of aromatic nitrogens is 1. The standard InChI is InChI=1S/C16H21N3O2/c1-16(2)6-5-15(20)19(8-7-16)10-14-18-12-4-3-11(17)9-13(12)21-14/h3-4,9H,5-8,10,17H2,1-2H3. The number of hydrogen-bond donors (Lipinski definition) is 1. The summed E-state index contributed by atoms with van der Waals surface area (Å²) in [5.41, 5.74) is 8.06. The molecule has 1 aromatic heterocycles. The number of nitrogen functional groups attached to an aromatic ring is 1. The van der Waals surface area contributed by atoms with Gasteiger partial charge in [-0.1, -0.05) is 13.8 Å². The van der Waals surface area contributed by atoms with E-state index in [1.165, 1.54) is 0 Å². The maximum Gasteiger partial charge on any atom is 0.223 e. The van der Waals surface area contributed by atoms with E-state index in [0.29, 0.717) is 30.1 Å². The lowest BCUT2D eigenvalue weighted by atomic mass is 9.85. The molecule has 112 valence electrons. The van der Waals surface area contributed by atoms with E-state index >= 15 is 0 Å². The van der Waals surface area contributed by atoms with Crippen LogP contribution in [-0.4, -0.2) is 22.3 Å². The van der Waals surface area contributed by atoms with Crippen LogP contribution in [0.3, 0.4) is 0 Å². The fourth-order valence-electron chi connectivity index (χ4n) is 2.68. The van der Waals surface area contributed by atoms with Crippen molar-refractivity contribution in [2.75, 3.05) is 12.3 Å². The molecule has 0 aliphatic carbocycles. The Bertz CT molecular complexity index is 675. The summed E-state index contributed by atoms with van der Waals surface area (Å²) in [7, 11) is 0. The molecule has 0 spiro atoms. The number of benzene rings is 1. The van der Waals surface area contributed by atoms with Gasteiger partial charge in [-0.25, -0.2) is 4.98 Å². The van der Waals surface area contributed by atoms with Gasteiger partial charge in [-0.15, -0.1) is 0 Å². The molecular weight excluding hydrogens is 266 g/mol. The van der Waals surface area contributed by atoms with Gasteiger partial charge in [-0.3, -0.25) is 4.79 Å². The number of likely N-dealkylation sites (tertiary alicyclic amines) is 1. The third kappa shape index (κ3) is 3.01. The first-order chi connectivity index (χ1) is 9.93. The molecule has 5 nitrogen and oxygen atoms in total. The summed E-state index contributed by atoms with van der Waals surface area (Å²) in [6.07, 6.45) is 2.54. The lowest BCUT2D eigenvalue weighted by molar-refractivity contribution is -0.131. The van der Waals surface area contributed by atoms with Gasteiger partial charge in [0.1, 0.15) is 5.52 Å². The minimum absolute atomic E-state index is 0.183. The van der Waals surface area contributed by atoms with E-state index in [-0.39, 0.29) is 11.3 Å². The average Bonchev–Trinajstić information content (AvgIpc) is 2.76. The quantitative estimate of drug-likeness (QED) is 0.862. The van der Waals surface area contributed by atoms with Gasteiger partial charge < -0.3 is 15.1 Å². The van der Waals surface area contributed by atoms with E-state index in [4.69, 9.17) is 10.2 Å². The van der Waals surface area contributed by atoms with E-state index < -0.39 is 0 Å². The molecule has 0 atom stereocenters. The minimum Gasteiger partial charge on any atom is -0.439 e. The first kappa shape index (κ1) is 13.9. The predicted octanol–water partition coefficient (Wildman–Crippen LogP) is 2.95. The van der Waals surface area contributed by atoms with Gasteiger partial charge in [0.05, 0.1) is 6.54 Å². The van der Waals surface area contributed by atoms with Crippen molar-refractivity contribution < 1.29 is 9.21 Å². The fraction of sp³-hybridized carbons (Fsp3) is 0.500. The summed E-state index contributed by atoms with van der Waals surface area (Å²) in [4.78, 5) is 18.5. The van der Waals surface area contributed by atoms with Crippen LogP contribution >= 0.6 is 0 Å². The highest BCUT2D eigenvalue weighted by atomic mass is 16.3. The molecular formula is C16H21N3O2. The number of fused-ring (bicyclic) bond motifs is 1. The van der Waals surface area contributed by atoms with E-state index in [1.54, 1.807) is 12.1 Å². The van der Waals surface area contributed by atoms with Crippen molar-refractivity contribution in [3.63, 3.8) is 0 Å². The molecule has 0 unspecified atom stereocenters. The third-order valence-electron chi connectivity index (χ3n) is 4.21. The number of rotatable bonds is 2. The van der Waals surface area contributed by atoms with Gasteiger partial charge >= 0.3 is 0 Å². The number of hydrogen-bond acceptors (Lipinski definition) is 4. The molecule has 1 amide bonds. The SMILES string of the molecule is CC1(C)CCC(=O)N(Cc2nc3ccc(N)cc3o2)CC1. The van der Waals surface area contributed by atoms with Crippen LogP contribution in [0, 0.1) is 5.41 Å². The predicted molar refractivity (Wildman–Crippen MR) is 81.5 cm³/mol. The number of carbonyl (C=O) groups excluding carboxylic acids is 1. The van der Waals surface area contributed by atoms with Crippen molar-refractivity contribution >= 4 is 22.7 Å². The monoisotopic (exact) mass is 287 g/mol. The second kappa shape index (κ2) is 5.06. The number of nitrogens with zero attached hydrogens (tertiary/aromatic N) is 2. The smallest absolute Gasteiger partial charge is 0.223 e. The maximum absolute atomic E-state index is 12.2. The Morgan fingerprint density at radius 2 is 2.19 bits per heavy atom. The molecule has 1 aliphatic rings.